The predicted octanol–water partition coefficient (Wildman–Crippen LogP) is 6.22. The molecule has 3 aliphatic heterocycles. The van der Waals surface area contributed by atoms with Crippen molar-refractivity contribution in [2.75, 3.05) is 6.54 Å². The summed E-state index contributed by atoms with van der Waals surface area (Å²) in [6.07, 6.45) is -8.66. The molecule has 3 heterocycles. The number of amides is 5. The largest absolute Gasteiger partial charge is 0.444 e. The number of rotatable bonds is 6. The zero-order valence-electron chi connectivity index (χ0n) is 34.3. The molecule has 5 atom stereocenters. The number of hydrogen-bond acceptors (Lipinski definition) is 9. The summed E-state index contributed by atoms with van der Waals surface area (Å²) >= 11 is 0. The van der Waals surface area contributed by atoms with Crippen LogP contribution in [-0.2, 0) is 65.1 Å². The number of halogens is 7. The monoisotopic (exact) mass is 917 g/mol. The molecular weight excluding hydrogens is 872 g/mol. The van der Waals surface area contributed by atoms with Crippen molar-refractivity contribution in [3.05, 3.63) is 82.2 Å². The lowest BCUT2D eigenvalue weighted by atomic mass is 10.0. The van der Waals surface area contributed by atoms with Crippen LogP contribution < -0.4 is 15.4 Å². The van der Waals surface area contributed by atoms with Crippen LogP contribution in [0, 0.1) is 11.7 Å². The highest BCUT2D eigenvalue weighted by atomic mass is 32.2. The van der Waals surface area contributed by atoms with Gasteiger partial charge in [-0.25, -0.2) is 22.4 Å². The van der Waals surface area contributed by atoms with E-state index in [1.807, 2.05) is 0 Å². The van der Waals surface area contributed by atoms with Gasteiger partial charge in [0.15, 0.2) is 0 Å². The second kappa shape index (κ2) is 17.6. The summed E-state index contributed by atoms with van der Waals surface area (Å²) in [6, 6.07) is 1.90. The summed E-state index contributed by atoms with van der Waals surface area (Å²) in [6.45, 7) is 4.36. The van der Waals surface area contributed by atoms with Crippen LogP contribution in [0.1, 0.15) is 93.5 Å². The average molecular weight is 918 g/mol. The summed E-state index contributed by atoms with van der Waals surface area (Å²) in [5, 5.41) is 5.11. The van der Waals surface area contributed by atoms with Crippen molar-refractivity contribution in [1.29, 1.82) is 0 Å². The fourth-order valence-corrected chi connectivity index (χ4v) is 9.08. The molecule has 0 bridgehead atoms. The van der Waals surface area contributed by atoms with Crippen molar-refractivity contribution in [2.24, 2.45) is 5.92 Å². The summed E-state index contributed by atoms with van der Waals surface area (Å²) in [5.41, 5.74) is -6.58. The van der Waals surface area contributed by atoms with E-state index in [1.165, 1.54) is 17.0 Å². The topological polar surface area (TPSA) is 181 Å². The quantitative estimate of drug-likeness (QED) is 0.224. The van der Waals surface area contributed by atoms with Gasteiger partial charge in [0.2, 0.25) is 21.8 Å². The van der Waals surface area contributed by atoms with Gasteiger partial charge in [-0.1, -0.05) is 37.1 Å². The number of ether oxygens (including phenoxy) is 2. The van der Waals surface area contributed by atoms with E-state index in [9.17, 15) is 63.1 Å². The van der Waals surface area contributed by atoms with Crippen LogP contribution in [0.25, 0.3) is 0 Å². The maximum Gasteiger partial charge on any atom is 0.416 e. The third-order valence-electron chi connectivity index (χ3n) is 11.0. The van der Waals surface area contributed by atoms with Gasteiger partial charge < -0.3 is 25.0 Å². The molecule has 1 aliphatic carbocycles. The highest BCUT2D eigenvalue weighted by molar-refractivity contribution is 7.89. The molecule has 22 heteroatoms. The Morgan fingerprint density at radius 1 is 0.952 bits per heavy atom. The fourth-order valence-electron chi connectivity index (χ4n) is 7.93. The van der Waals surface area contributed by atoms with Gasteiger partial charge in [-0.2, -0.15) is 26.3 Å². The zero-order valence-corrected chi connectivity index (χ0v) is 35.1. The number of carbonyl (C=O) groups is 5. The lowest BCUT2D eigenvalue weighted by molar-refractivity contribution is -0.143. The Morgan fingerprint density at radius 3 is 2.27 bits per heavy atom. The van der Waals surface area contributed by atoms with Crippen LogP contribution in [0.3, 0.4) is 0 Å². The molecular formula is C41H46F7N5O9S. The Labute approximate surface area is 357 Å². The number of hydrogen-bond donors (Lipinski definition) is 3. The molecule has 4 aliphatic rings. The maximum atomic E-state index is 14.5. The molecule has 2 aromatic rings. The standard InChI is InChI=1S/C41H46F7N5O9S/c1-38(2,3)62-36(57)49-31-13-8-6-4-5-7-11-25-18-39(25,35(56)51-63(59,60)22-23-14-26(40(43,44)45)16-27(15-23)41(46,47)48)50-33(54)32-17-28(20-53(32)34(31)55)61-37(58)52-19-24-10-9-12-30(42)29(24)21-52/h7,9-12,14-16,25,28,31-32H,4-6,8,13,17-22H2,1-3H3,(H,49,57)(H,50,54)(H,51,56)/b11-7-/t25-,28+,31-,32-,39+/m0/s1. The number of alkyl carbamates (subject to hydrolysis) is 1. The van der Waals surface area contributed by atoms with Gasteiger partial charge >= 0.3 is 24.5 Å². The summed E-state index contributed by atoms with van der Waals surface area (Å²) in [5.74, 6) is -5.96. The van der Waals surface area contributed by atoms with Gasteiger partial charge in [0.05, 0.1) is 30.0 Å². The molecule has 63 heavy (non-hydrogen) atoms. The van der Waals surface area contributed by atoms with Crippen molar-refractivity contribution in [2.45, 2.75) is 126 Å². The number of benzene rings is 2. The number of nitrogens with one attached hydrogen (secondary N) is 3. The summed E-state index contributed by atoms with van der Waals surface area (Å²) < 4.78 is 135. The minimum absolute atomic E-state index is 0.0137. The lowest BCUT2D eigenvalue weighted by Gasteiger charge is -2.30. The molecule has 2 fully saturated rings. The van der Waals surface area contributed by atoms with Crippen LogP contribution in [-0.4, -0.2) is 84.0 Å². The molecule has 0 aromatic heterocycles. The van der Waals surface area contributed by atoms with E-state index in [0.29, 0.717) is 36.8 Å². The Bertz CT molecular complexity index is 2250. The summed E-state index contributed by atoms with van der Waals surface area (Å²) in [7, 11) is -5.03. The zero-order chi connectivity index (χ0) is 46.3. The highest BCUT2D eigenvalue weighted by Crippen LogP contribution is 2.46. The van der Waals surface area contributed by atoms with Crippen LogP contribution in [0.5, 0.6) is 0 Å². The van der Waals surface area contributed by atoms with E-state index < -0.39 is 116 Å². The second-order valence-corrected chi connectivity index (χ2v) is 18.8. The van der Waals surface area contributed by atoms with Crippen molar-refractivity contribution >= 4 is 39.9 Å². The number of nitrogens with zero attached hydrogens (tertiary/aromatic N) is 2. The predicted molar refractivity (Wildman–Crippen MR) is 208 cm³/mol. The second-order valence-electron chi connectivity index (χ2n) is 17.1. The smallest absolute Gasteiger partial charge is 0.416 e. The van der Waals surface area contributed by atoms with E-state index in [-0.39, 0.29) is 57.1 Å². The van der Waals surface area contributed by atoms with Crippen molar-refractivity contribution < 1.29 is 72.6 Å². The number of carbonyl (C=O) groups excluding carboxylic acids is 5. The molecule has 0 radical (unpaired) electrons. The molecule has 0 spiro atoms. The van der Waals surface area contributed by atoms with Gasteiger partial charge in [-0.15, -0.1) is 0 Å². The number of allylic oxidation sites excluding steroid dienone is 1. The van der Waals surface area contributed by atoms with Gasteiger partial charge in [0, 0.05) is 24.4 Å². The minimum Gasteiger partial charge on any atom is -0.444 e. The van der Waals surface area contributed by atoms with E-state index in [0.717, 1.165) is 4.90 Å². The average Bonchev–Trinajstić information content (AvgIpc) is 3.44. The van der Waals surface area contributed by atoms with E-state index in [1.54, 1.807) is 43.7 Å². The van der Waals surface area contributed by atoms with Crippen molar-refractivity contribution in [1.82, 2.24) is 25.2 Å². The van der Waals surface area contributed by atoms with Gasteiger partial charge in [-0.3, -0.25) is 24.0 Å². The SMILES string of the molecule is CC(C)(C)OC(=O)N[C@H]1CCCCC/C=C\[C@H]2C[C@@]2(C(=O)NS(=O)(=O)Cc2cc(C(F)(F)F)cc(C(F)(F)F)c2)NC(=O)[C@@H]2C[C@@H](OC(=O)N3Cc4cccc(F)c4C3)CN2C1=O. The number of fused-ring (bicyclic) bond motifs is 3. The van der Waals surface area contributed by atoms with Crippen LogP contribution in [0.4, 0.5) is 40.3 Å². The highest BCUT2D eigenvalue weighted by Gasteiger charge is 2.62. The molecule has 3 N–H and O–H groups in total. The molecule has 14 nitrogen and oxygen atoms in total. The normalized spacial score (nSPS) is 25.0. The number of sulfonamides is 1. The third-order valence-corrected chi connectivity index (χ3v) is 12.2. The van der Waals surface area contributed by atoms with Crippen LogP contribution in [0.15, 0.2) is 48.6 Å². The fraction of sp³-hybridized carbons (Fsp3) is 0.537. The van der Waals surface area contributed by atoms with Crippen molar-refractivity contribution in [3.8, 4) is 0 Å². The maximum absolute atomic E-state index is 14.5. The summed E-state index contributed by atoms with van der Waals surface area (Å²) in [4.78, 5) is 71.3. The van der Waals surface area contributed by atoms with Gasteiger partial charge in [0.25, 0.3) is 5.91 Å². The lowest BCUT2D eigenvalue weighted by Crippen LogP contribution is -2.58. The van der Waals surface area contributed by atoms with Crippen LogP contribution >= 0.6 is 0 Å². The third kappa shape index (κ3) is 11.4. The molecule has 344 valence electrons. The van der Waals surface area contributed by atoms with Gasteiger partial charge in [0.1, 0.15) is 35.1 Å². The first kappa shape index (κ1) is 47.1. The first-order chi connectivity index (χ1) is 29.2. The molecule has 2 aromatic carbocycles. The molecule has 0 unspecified atom stereocenters. The Kier molecular flexibility index (Phi) is 13.2. The first-order valence-corrected chi connectivity index (χ1v) is 21.7. The first-order valence-electron chi connectivity index (χ1n) is 20.1. The minimum atomic E-state index is -5.28. The number of alkyl halides is 6. The molecule has 1 saturated carbocycles. The van der Waals surface area contributed by atoms with Gasteiger partial charge in [-0.05, 0) is 81.8 Å². The van der Waals surface area contributed by atoms with E-state index >= 15 is 0 Å². The Hall–Kier alpha value is -5.41. The molecule has 5 amide bonds. The van der Waals surface area contributed by atoms with Crippen LogP contribution in [0.2, 0.25) is 0 Å². The van der Waals surface area contributed by atoms with E-state index in [4.69, 9.17) is 9.47 Å². The van der Waals surface area contributed by atoms with E-state index in [2.05, 4.69) is 10.6 Å². The molecule has 6 rings (SSSR count). The molecule has 1 saturated heterocycles. The Balaban J connectivity index is 1.27. The Morgan fingerprint density at radius 2 is 1.63 bits per heavy atom. The van der Waals surface area contributed by atoms with Crippen molar-refractivity contribution in [3.63, 3.8) is 0 Å².